The monoisotopic (exact) mass is 537 g/mol. The van der Waals surface area contributed by atoms with Crippen molar-refractivity contribution in [1.82, 2.24) is 0 Å². The van der Waals surface area contributed by atoms with Crippen molar-refractivity contribution < 1.29 is 47.7 Å². The Balaban J connectivity index is 1.87. The first-order valence-electron chi connectivity index (χ1n) is 11.2. The van der Waals surface area contributed by atoms with Crippen molar-refractivity contribution in [2.45, 2.75) is 55.1 Å². The van der Waals surface area contributed by atoms with E-state index in [1.165, 1.54) is 61.5 Å². The Labute approximate surface area is 212 Å². The summed E-state index contributed by atoms with van der Waals surface area (Å²) in [6.07, 6.45) is -6.22. The highest BCUT2D eigenvalue weighted by atomic mass is 32.2. The van der Waals surface area contributed by atoms with Gasteiger partial charge in [0.05, 0.1) is 11.5 Å². The number of ether oxygens (including phenoxy) is 3. The number of esters is 1. The summed E-state index contributed by atoms with van der Waals surface area (Å²) in [5.74, 6) is -1.20. The molecule has 1 fully saturated rings. The molecule has 0 aliphatic carbocycles. The number of aliphatic hydroxyl groups is 2. The van der Waals surface area contributed by atoms with Crippen molar-refractivity contribution in [3.8, 4) is 11.5 Å². The van der Waals surface area contributed by atoms with Gasteiger partial charge in [0.2, 0.25) is 6.29 Å². The molecule has 1 saturated heterocycles. The largest absolute Gasteiger partial charge is 0.504 e. The SMILES string of the molecule is CCOC(=O)/C(C)=C/c1ccc(O[C@@H]2O[C@H](C(C)([N+](=O)[O-])S(=O)(=O)c3ccccc3)[C@@H](O)[C@H]2O)c(O)c1. The molecule has 0 aromatic heterocycles. The molecule has 0 bridgehead atoms. The quantitative estimate of drug-likeness (QED) is 0.183. The van der Waals surface area contributed by atoms with Gasteiger partial charge in [-0.25, -0.2) is 13.2 Å². The summed E-state index contributed by atoms with van der Waals surface area (Å²) >= 11 is 0. The molecule has 3 N–H and O–H groups in total. The summed E-state index contributed by atoms with van der Waals surface area (Å²) in [6, 6.07) is 10.6. The smallest absolute Gasteiger partial charge is 0.348 e. The Kier molecular flexibility index (Phi) is 8.22. The second-order valence-corrected chi connectivity index (χ2v) is 10.7. The standard InChI is InChI=1S/C24H27NO11S/c1-4-34-22(29)14(2)12-15-10-11-18(17(26)13-15)35-23-20(28)19(27)21(36-23)24(3,25(30)31)37(32,33)16-8-6-5-7-9-16/h5-13,19-21,23,26-28H,4H2,1-3H3/b14-12+/t19-,20+,21-,23+,24?/m0/s1. The number of rotatable bonds is 9. The number of carbonyl (C=O) groups excluding carboxylic acids is 1. The Hall–Kier alpha value is -3.52. The maximum Gasteiger partial charge on any atom is 0.348 e. The lowest BCUT2D eigenvalue weighted by Gasteiger charge is -2.28. The number of sulfone groups is 1. The van der Waals surface area contributed by atoms with Gasteiger partial charge in [-0.15, -0.1) is 0 Å². The average molecular weight is 538 g/mol. The molecule has 1 aliphatic heterocycles. The zero-order valence-corrected chi connectivity index (χ0v) is 21.0. The minimum Gasteiger partial charge on any atom is -0.504 e. The molecule has 2 aromatic rings. The molecule has 0 radical (unpaired) electrons. The van der Waals surface area contributed by atoms with E-state index in [0.29, 0.717) is 5.56 Å². The number of nitro groups is 1. The van der Waals surface area contributed by atoms with E-state index < -0.39 is 56.0 Å². The normalized spacial score (nSPS) is 23.8. The zero-order valence-electron chi connectivity index (χ0n) is 20.2. The third-order valence-corrected chi connectivity index (χ3v) is 8.28. The fraction of sp³-hybridized carbons (Fsp3) is 0.375. The summed E-state index contributed by atoms with van der Waals surface area (Å²) in [6.45, 7) is 4.17. The highest BCUT2D eigenvalue weighted by Gasteiger charge is 2.66. The fourth-order valence-corrected chi connectivity index (χ4v) is 5.47. The lowest BCUT2D eigenvalue weighted by atomic mass is 10.1. The lowest BCUT2D eigenvalue weighted by Crippen LogP contribution is -2.57. The number of nitrogens with zero attached hydrogens (tertiary/aromatic N) is 1. The van der Waals surface area contributed by atoms with Crippen LogP contribution >= 0.6 is 0 Å². The lowest BCUT2D eigenvalue weighted by molar-refractivity contribution is -0.551. The minimum absolute atomic E-state index is 0.195. The molecular formula is C24H27NO11S. The first kappa shape index (κ1) is 28.1. The Bertz CT molecular complexity index is 1300. The third-order valence-electron chi connectivity index (χ3n) is 5.91. The van der Waals surface area contributed by atoms with Crippen LogP contribution in [-0.2, 0) is 24.1 Å². The molecule has 1 aliphatic rings. The molecular weight excluding hydrogens is 510 g/mol. The molecule has 200 valence electrons. The van der Waals surface area contributed by atoms with Crippen molar-refractivity contribution in [1.29, 1.82) is 0 Å². The molecule has 1 heterocycles. The summed E-state index contributed by atoms with van der Waals surface area (Å²) in [5, 5.41) is 43.5. The number of aliphatic hydroxyl groups excluding tert-OH is 2. The molecule has 5 atom stereocenters. The predicted octanol–water partition coefficient (Wildman–Crippen LogP) is 1.65. The van der Waals surface area contributed by atoms with Gasteiger partial charge in [0.25, 0.3) is 9.84 Å². The third kappa shape index (κ3) is 5.30. The topological polar surface area (TPSA) is 183 Å². The van der Waals surface area contributed by atoms with Gasteiger partial charge >= 0.3 is 10.8 Å². The summed E-state index contributed by atoms with van der Waals surface area (Å²) in [7, 11) is -4.72. The van der Waals surface area contributed by atoms with Crippen molar-refractivity contribution in [3.63, 3.8) is 0 Å². The fourth-order valence-electron chi connectivity index (χ4n) is 3.78. The first-order chi connectivity index (χ1) is 17.3. The summed E-state index contributed by atoms with van der Waals surface area (Å²) in [5.41, 5.74) is 0.685. The van der Waals surface area contributed by atoms with Crippen LogP contribution in [0.2, 0.25) is 0 Å². The van der Waals surface area contributed by atoms with Crippen molar-refractivity contribution in [2.24, 2.45) is 0 Å². The molecule has 0 spiro atoms. The molecule has 12 nitrogen and oxygen atoms in total. The highest BCUT2D eigenvalue weighted by Crippen LogP contribution is 2.39. The average Bonchev–Trinajstić information content (AvgIpc) is 3.14. The molecule has 37 heavy (non-hydrogen) atoms. The highest BCUT2D eigenvalue weighted by molar-refractivity contribution is 7.92. The van der Waals surface area contributed by atoms with Gasteiger partial charge in [0, 0.05) is 17.4 Å². The van der Waals surface area contributed by atoms with Crippen LogP contribution in [0.15, 0.2) is 59.0 Å². The van der Waals surface area contributed by atoms with Gasteiger partial charge in [-0.05, 0) is 49.8 Å². The van der Waals surface area contributed by atoms with Crippen LogP contribution in [0.25, 0.3) is 6.08 Å². The van der Waals surface area contributed by atoms with Gasteiger partial charge in [0.1, 0.15) is 12.2 Å². The predicted molar refractivity (Wildman–Crippen MR) is 129 cm³/mol. The van der Waals surface area contributed by atoms with Gasteiger partial charge in [-0.3, -0.25) is 10.1 Å². The van der Waals surface area contributed by atoms with E-state index in [0.717, 1.165) is 6.92 Å². The van der Waals surface area contributed by atoms with Crippen LogP contribution in [0.5, 0.6) is 11.5 Å². The Morgan fingerprint density at radius 3 is 2.41 bits per heavy atom. The van der Waals surface area contributed by atoms with Gasteiger partial charge in [0.15, 0.2) is 17.6 Å². The number of phenolic OH excluding ortho intramolecular Hbond substituents is 1. The number of carbonyl (C=O) groups is 1. The van der Waals surface area contributed by atoms with Crippen molar-refractivity contribution >= 4 is 21.9 Å². The van der Waals surface area contributed by atoms with Crippen molar-refractivity contribution in [2.75, 3.05) is 6.61 Å². The number of hydrogen-bond acceptors (Lipinski definition) is 11. The van der Waals surface area contributed by atoms with Crippen LogP contribution < -0.4 is 4.74 Å². The Morgan fingerprint density at radius 2 is 1.84 bits per heavy atom. The number of hydrogen-bond donors (Lipinski definition) is 3. The molecule has 2 aromatic carbocycles. The molecule has 13 heteroatoms. The molecule has 0 amide bonds. The number of aromatic hydroxyl groups is 1. The zero-order chi connectivity index (χ0) is 27.5. The van der Waals surface area contributed by atoms with Crippen LogP contribution in [0.4, 0.5) is 0 Å². The van der Waals surface area contributed by atoms with E-state index in [4.69, 9.17) is 14.2 Å². The van der Waals surface area contributed by atoms with E-state index in [1.54, 1.807) is 6.92 Å². The van der Waals surface area contributed by atoms with E-state index in [-0.39, 0.29) is 22.8 Å². The van der Waals surface area contributed by atoms with E-state index in [1.807, 2.05) is 0 Å². The number of phenols is 1. The van der Waals surface area contributed by atoms with Crippen LogP contribution in [0.1, 0.15) is 26.3 Å². The first-order valence-corrected chi connectivity index (χ1v) is 12.6. The van der Waals surface area contributed by atoms with Crippen molar-refractivity contribution in [3.05, 3.63) is 69.8 Å². The van der Waals surface area contributed by atoms with E-state index in [9.17, 15) is 38.6 Å². The van der Waals surface area contributed by atoms with Gasteiger partial charge in [-0.1, -0.05) is 24.3 Å². The minimum atomic E-state index is -4.72. The van der Waals surface area contributed by atoms with Crippen LogP contribution in [-0.4, -0.2) is 70.7 Å². The molecule has 3 rings (SSSR count). The second kappa shape index (κ2) is 10.8. The maximum absolute atomic E-state index is 13.2. The number of benzene rings is 2. The van der Waals surface area contributed by atoms with Crippen LogP contribution in [0.3, 0.4) is 0 Å². The molecule has 0 saturated carbocycles. The molecule has 1 unspecified atom stereocenters. The Morgan fingerprint density at radius 1 is 1.19 bits per heavy atom. The summed E-state index contributed by atoms with van der Waals surface area (Å²) < 4.78 is 42.2. The van der Waals surface area contributed by atoms with Crippen LogP contribution in [0, 0.1) is 10.1 Å². The van der Waals surface area contributed by atoms with E-state index >= 15 is 0 Å². The van der Waals surface area contributed by atoms with E-state index in [2.05, 4.69) is 0 Å². The maximum atomic E-state index is 13.2. The van der Waals surface area contributed by atoms with Gasteiger partial charge in [-0.2, -0.15) is 0 Å². The second-order valence-electron chi connectivity index (χ2n) is 8.43. The van der Waals surface area contributed by atoms with Gasteiger partial charge < -0.3 is 29.5 Å². The summed E-state index contributed by atoms with van der Waals surface area (Å²) in [4.78, 5) is 19.5.